The fourth-order valence-corrected chi connectivity index (χ4v) is 5.25. The summed E-state index contributed by atoms with van der Waals surface area (Å²) < 4.78 is 13.2. The van der Waals surface area contributed by atoms with Crippen LogP contribution in [0.5, 0.6) is 11.5 Å². The Labute approximate surface area is 224 Å². The molecule has 1 aliphatic heterocycles. The Hall–Kier alpha value is -4.18. The number of pyridine rings is 1. The Morgan fingerprint density at radius 1 is 1.18 bits per heavy atom. The molecule has 38 heavy (non-hydrogen) atoms. The summed E-state index contributed by atoms with van der Waals surface area (Å²) in [5, 5.41) is 13.7. The van der Waals surface area contributed by atoms with Crippen LogP contribution in [0.4, 0.5) is 5.13 Å². The molecule has 0 spiro atoms. The highest BCUT2D eigenvalue weighted by atomic mass is 32.1. The zero-order chi connectivity index (χ0) is 27.0. The molecule has 1 atom stereocenters. The number of imidazole rings is 1. The molecule has 9 nitrogen and oxygen atoms in total. The van der Waals surface area contributed by atoms with Crippen LogP contribution in [0.25, 0.3) is 11.4 Å². The van der Waals surface area contributed by atoms with Crippen LogP contribution >= 0.6 is 11.3 Å². The molecule has 0 radical (unpaired) electrons. The van der Waals surface area contributed by atoms with Crippen LogP contribution in [-0.4, -0.2) is 44.9 Å². The first-order valence-electron chi connectivity index (χ1n) is 12.3. The van der Waals surface area contributed by atoms with E-state index < -0.39 is 17.7 Å². The van der Waals surface area contributed by atoms with Crippen molar-refractivity contribution >= 4 is 39.6 Å². The van der Waals surface area contributed by atoms with Crippen LogP contribution in [-0.2, 0) is 9.59 Å². The number of nitrogens with zero attached hydrogens (tertiary/aromatic N) is 4. The summed E-state index contributed by atoms with van der Waals surface area (Å²) in [7, 11) is 1.54. The largest absolute Gasteiger partial charge is 0.505 e. The highest BCUT2D eigenvalue weighted by molar-refractivity contribution is 7.14. The number of anilines is 1. The van der Waals surface area contributed by atoms with E-state index in [1.54, 1.807) is 59.4 Å². The average Bonchev–Trinajstić information content (AvgIpc) is 3.60. The number of aliphatic hydroxyl groups is 1. The molecule has 5 rings (SSSR count). The predicted molar refractivity (Wildman–Crippen MR) is 145 cm³/mol. The zero-order valence-electron chi connectivity index (χ0n) is 21.5. The molecular weight excluding hydrogens is 504 g/mol. The van der Waals surface area contributed by atoms with Crippen LogP contribution in [0.15, 0.2) is 59.7 Å². The SMILES string of the molecule is COc1cc(C2/C(=C(\O)c3c(C)nc4ccccn34)C(=O)C(=O)N2c2nccs2)ccc1OCCC(C)C. The first-order chi connectivity index (χ1) is 18.3. The standard InChI is InChI=1S/C28H28N4O5S/c1-16(2)10-13-37-19-9-8-18(15-20(19)36-4)24-22(26(34)27(35)32(24)28-29-11-14-38-28)25(33)23-17(3)30-21-7-5-6-12-31(21)23/h5-9,11-12,14-16,24,33H,10,13H2,1-4H3/b25-22+. The van der Waals surface area contributed by atoms with E-state index >= 15 is 0 Å². The molecule has 0 bridgehead atoms. The fourth-order valence-electron chi connectivity index (χ4n) is 4.58. The summed E-state index contributed by atoms with van der Waals surface area (Å²) >= 11 is 1.23. The highest BCUT2D eigenvalue weighted by Crippen LogP contribution is 2.45. The number of benzene rings is 1. The zero-order valence-corrected chi connectivity index (χ0v) is 22.4. The van der Waals surface area contributed by atoms with Gasteiger partial charge >= 0.3 is 5.91 Å². The number of Topliss-reactive ketones (excluding diaryl/α,β-unsaturated/α-hetero) is 1. The summed E-state index contributed by atoms with van der Waals surface area (Å²) in [6.45, 7) is 6.52. The van der Waals surface area contributed by atoms with E-state index in [4.69, 9.17) is 9.47 Å². The number of carbonyl (C=O) groups excluding carboxylic acids is 2. The number of carbonyl (C=O) groups is 2. The third-order valence-corrected chi connectivity index (χ3v) is 7.23. The number of hydrogen-bond acceptors (Lipinski definition) is 8. The summed E-state index contributed by atoms with van der Waals surface area (Å²) in [6.07, 6.45) is 4.20. The van der Waals surface area contributed by atoms with Gasteiger partial charge in [-0.05, 0) is 49.1 Å². The van der Waals surface area contributed by atoms with E-state index in [0.717, 1.165) is 6.42 Å². The van der Waals surface area contributed by atoms with Crippen LogP contribution in [0.2, 0.25) is 0 Å². The van der Waals surface area contributed by atoms with Gasteiger partial charge < -0.3 is 14.6 Å². The first kappa shape index (κ1) is 25.5. The van der Waals surface area contributed by atoms with E-state index in [2.05, 4.69) is 23.8 Å². The van der Waals surface area contributed by atoms with Gasteiger partial charge in [0.2, 0.25) is 0 Å². The van der Waals surface area contributed by atoms with Crippen molar-refractivity contribution in [3.8, 4) is 11.5 Å². The summed E-state index contributed by atoms with van der Waals surface area (Å²) in [4.78, 5) is 37.0. The molecule has 1 aliphatic rings. The van der Waals surface area contributed by atoms with E-state index in [-0.39, 0.29) is 11.3 Å². The lowest BCUT2D eigenvalue weighted by Crippen LogP contribution is -2.29. The Kier molecular flexibility index (Phi) is 6.90. The second-order valence-electron chi connectivity index (χ2n) is 9.40. The summed E-state index contributed by atoms with van der Waals surface area (Å²) in [6, 6.07) is 9.78. The van der Waals surface area contributed by atoms with Crippen LogP contribution < -0.4 is 14.4 Å². The molecule has 4 heterocycles. The predicted octanol–water partition coefficient (Wildman–Crippen LogP) is 5.16. The van der Waals surface area contributed by atoms with Gasteiger partial charge in [-0.25, -0.2) is 9.97 Å². The molecule has 1 aromatic carbocycles. The second kappa shape index (κ2) is 10.3. The Balaban J connectivity index is 1.67. The molecule has 10 heteroatoms. The molecule has 196 valence electrons. The summed E-state index contributed by atoms with van der Waals surface area (Å²) in [5.74, 6) is -0.373. The lowest BCUT2D eigenvalue weighted by Gasteiger charge is -2.24. The summed E-state index contributed by atoms with van der Waals surface area (Å²) in [5.41, 5.74) is 2.01. The van der Waals surface area contributed by atoms with Crippen molar-refractivity contribution < 1.29 is 24.2 Å². The monoisotopic (exact) mass is 532 g/mol. The van der Waals surface area contributed by atoms with Gasteiger partial charge in [-0.15, -0.1) is 11.3 Å². The van der Waals surface area contributed by atoms with E-state index in [1.807, 2.05) is 6.07 Å². The second-order valence-corrected chi connectivity index (χ2v) is 10.3. The van der Waals surface area contributed by atoms with Gasteiger partial charge in [-0.3, -0.25) is 18.9 Å². The fraction of sp³-hybridized carbons (Fsp3) is 0.286. The third-order valence-electron chi connectivity index (χ3n) is 6.45. The Morgan fingerprint density at radius 2 is 2.00 bits per heavy atom. The van der Waals surface area contributed by atoms with Gasteiger partial charge in [-0.1, -0.05) is 26.0 Å². The molecule has 1 fully saturated rings. The van der Waals surface area contributed by atoms with Crippen molar-refractivity contribution in [2.24, 2.45) is 5.92 Å². The molecule has 1 amide bonds. The Morgan fingerprint density at radius 3 is 2.71 bits per heavy atom. The molecule has 3 aromatic heterocycles. The van der Waals surface area contributed by atoms with Crippen molar-refractivity contribution in [3.05, 3.63) is 76.7 Å². The quantitative estimate of drug-likeness (QED) is 0.190. The number of amides is 1. The Bertz CT molecular complexity index is 1540. The number of fused-ring (bicyclic) bond motifs is 1. The van der Waals surface area contributed by atoms with Gasteiger partial charge in [0.15, 0.2) is 22.4 Å². The van der Waals surface area contributed by atoms with Gasteiger partial charge in [-0.2, -0.15) is 0 Å². The molecule has 1 saturated heterocycles. The van der Waals surface area contributed by atoms with Gasteiger partial charge in [0.25, 0.3) is 5.78 Å². The average molecular weight is 533 g/mol. The van der Waals surface area contributed by atoms with Crippen molar-refractivity contribution in [3.63, 3.8) is 0 Å². The van der Waals surface area contributed by atoms with Gasteiger partial charge in [0, 0.05) is 17.8 Å². The number of hydrogen-bond donors (Lipinski definition) is 1. The lowest BCUT2D eigenvalue weighted by atomic mass is 9.96. The molecule has 0 saturated carbocycles. The minimum atomic E-state index is -0.937. The number of aromatic nitrogens is 3. The highest BCUT2D eigenvalue weighted by Gasteiger charge is 2.48. The number of aliphatic hydroxyl groups excluding tert-OH is 1. The molecule has 1 N–H and O–H groups in total. The normalized spacial score (nSPS) is 17.1. The maximum absolute atomic E-state index is 13.5. The molecule has 1 unspecified atom stereocenters. The third kappa shape index (κ3) is 4.41. The van der Waals surface area contributed by atoms with Crippen molar-refractivity contribution in [1.29, 1.82) is 0 Å². The smallest absolute Gasteiger partial charge is 0.301 e. The number of ether oxygens (including phenoxy) is 2. The number of methoxy groups -OCH3 is 1. The molecular formula is C28H28N4O5S. The lowest BCUT2D eigenvalue weighted by molar-refractivity contribution is -0.132. The minimum Gasteiger partial charge on any atom is -0.505 e. The topological polar surface area (TPSA) is 106 Å². The van der Waals surface area contributed by atoms with Crippen LogP contribution in [0.3, 0.4) is 0 Å². The first-order valence-corrected chi connectivity index (χ1v) is 13.1. The molecule has 0 aliphatic carbocycles. The van der Waals surface area contributed by atoms with Crippen LogP contribution in [0.1, 0.15) is 43.3 Å². The van der Waals surface area contributed by atoms with E-state index in [9.17, 15) is 14.7 Å². The number of rotatable bonds is 8. The van der Waals surface area contributed by atoms with E-state index in [1.165, 1.54) is 23.3 Å². The maximum atomic E-state index is 13.5. The molecule has 4 aromatic rings. The van der Waals surface area contributed by atoms with Gasteiger partial charge in [0.1, 0.15) is 11.3 Å². The van der Waals surface area contributed by atoms with Crippen molar-refractivity contribution in [2.75, 3.05) is 18.6 Å². The van der Waals surface area contributed by atoms with Crippen molar-refractivity contribution in [1.82, 2.24) is 14.4 Å². The van der Waals surface area contributed by atoms with Gasteiger partial charge in [0.05, 0.1) is 31.0 Å². The maximum Gasteiger partial charge on any atom is 0.301 e. The number of thiazole rings is 1. The minimum absolute atomic E-state index is 0.0468. The van der Waals surface area contributed by atoms with E-state index in [0.29, 0.717) is 51.8 Å². The van der Waals surface area contributed by atoms with Crippen molar-refractivity contribution in [2.45, 2.75) is 33.2 Å². The van der Waals surface area contributed by atoms with Crippen LogP contribution in [0, 0.1) is 12.8 Å². The number of aryl methyl sites for hydroxylation is 1. The number of ketones is 1.